The minimum Gasteiger partial charge on any atom is -0.480 e. The Morgan fingerprint density at radius 2 is 2.32 bits per heavy atom. The third-order valence-corrected chi connectivity index (χ3v) is 2.46. The van der Waals surface area contributed by atoms with Crippen molar-refractivity contribution in [2.75, 3.05) is 13.1 Å². The Labute approximate surface area is 109 Å². The van der Waals surface area contributed by atoms with Crippen molar-refractivity contribution < 1.29 is 18.7 Å². The molecule has 2 aromatic heterocycles. The van der Waals surface area contributed by atoms with Crippen molar-refractivity contribution >= 4 is 5.97 Å². The molecule has 7 heteroatoms. The number of hydrogen-bond acceptors (Lipinski definition) is 6. The van der Waals surface area contributed by atoms with Crippen LogP contribution in [-0.4, -0.2) is 39.3 Å². The fourth-order valence-corrected chi connectivity index (χ4v) is 1.73. The zero-order valence-electron chi connectivity index (χ0n) is 10.6. The monoisotopic (exact) mass is 265 g/mol. The van der Waals surface area contributed by atoms with Gasteiger partial charge in [-0.2, -0.15) is 0 Å². The van der Waals surface area contributed by atoms with Gasteiger partial charge in [0.1, 0.15) is 0 Å². The van der Waals surface area contributed by atoms with E-state index in [-0.39, 0.29) is 6.54 Å². The highest BCUT2D eigenvalue weighted by Crippen LogP contribution is 2.18. The Hall–Kier alpha value is -2.15. The normalized spacial score (nSPS) is 11.1. The first-order valence-electron chi connectivity index (χ1n) is 5.99. The highest BCUT2D eigenvalue weighted by molar-refractivity contribution is 5.69. The molecular weight excluding hydrogens is 250 g/mol. The molecule has 0 radical (unpaired) electrons. The van der Waals surface area contributed by atoms with Crippen LogP contribution in [0, 0.1) is 0 Å². The molecule has 0 spiro atoms. The quantitative estimate of drug-likeness (QED) is 0.813. The predicted molar refractivity (Wildman–Crippen MR) is 65.2 cm³/mol. The number of aromatic nitrogens is 2. The van der Waals surface area contributed by atoms with Crippen molar-refractivity contribution in [3.05, 3.63) is 24.3 Å². The number of nitrogens with zero attached hydrogens (tertiary/aromatic N) is 3. The average molecular weight is 265 g/mol. The Kier molecular flexibility index (Phi) is 4.30. The van der Waals surface area contributed by atoms with Crippen molar-refractivity contribution in [1.82, 2.24) is 15.1 Å². The summed E-state index contributed by atoms with van der Waals surface area (Å²) in [5.74, 6) is 0.297. The second-order valence-corrected chi connectivity index (χ2v) is 4.08. The molecule has 0 aliphatic heterocycles. The number of carboxylic acid groups (broad SMARTS) is 1. The molecule has 2 heterocycles. The van der Waals surface area contributed by atoms with E-state index in [9.17, 15) is 4.79 Å². The van der Waals surface area contributed by atoms with Gasteiger partial charge in [-0.15, -0.1) is 10.2 Å². The lowest BCUT2D eigenvalue weighted by molar-refractivity contribution is -0.138. The van der Waals surface area contributed by atoms with Gasteiger partial charge in [0.05, 0.1) is 19.4 Å². The standard InChI is InChI=1S/C12H15N3O4/c1-2-5-15(8-11(16)17)7-10-13-14-12(19-10)9-4-3-6-18-9/h3-4,6H,2,5,7-8H2,1H3,(H,16,17). The molecule has 2 aromatic rings. The fourth-order valence-electron chi connectivity index (χ4n) is 1.73. The first kappa shape index (κ1) is 13.3. The first-order valence-corrected chi connectivity index (χ1v) is 5.99. The van der Waals surface area contributed by atoms with Crippen LogP contribution in [0.15, 0.2) is 27.2 Å². The van der Waals surface area contributed by atoms with Crippen LogP contribution in [0.2, 0.25) is 0 Å². The van der Waals surface area contributed by atoms with Crippen LogP contribution in [0.5, 0.6) is 0 Å². The Morgan fingerprint density at radius 1 is 1.47 bits per heavy atom. The molecule has 1 N–H and O–H groups in total. The van der Waals surface area contributed by atoms with Crippen LogP contribution in [-0.2, 0) is 11.3 Å². The van der Waals surface area contributed by atoms with Crippen molar-refractivity contribution in [2.24, 2.45) is 0 Å². The molecule has 2 rings (SSSR count). The van der Waals surface area contributed by atoms with E-state index >= 15 is 0 Å². The maximum Gasteiger partial charge on any atom is 0.317 e. The van der Waals surface area contributed by atoms with E-state index in [0.29, 0.717) is 30.6 Å². The maximum absolute atomic E-state index is 10.7. The smallest absolute Gasteiger partial charge is 0.317 e. The van der Waals surface area contributed by atoms with Gasteiger partial charge in [-0.1, -0.05) is 6.92 Å². The summed E-state index contributed by atoms with van der Waals surface area (Å²) in [6.07, 6.45) is 2.37. The van der Waals surface area contributed by atoms with Crippen LogP contribution in [0.4, 0.5) is 0 Å². The molecular formula is C12H15N3O4. The van der Waals surface area contributed by atoms with Gasteiger partial charge >= 0.3 is 5.97 Å². The lowest BCUT2D eigenvalue weighted by Crippen LogP contribution is -2.30. The summed E-state index contributed by atoms with van der Waals surface area (Å²) < 4.78 is 10.6. The third kappa shape index (κ3) is 3.65. The van der Waals surface area contributed by atoms with E-state index in [1.807, 2.05) is 6.92 Å². The van der Waals surface area contributed by atoms with Crippen molar-refractivity contribution in [2.45, 2.75) is 19.9 Å². The van der Waals surface area contributed by atoms with Crippen molar-refractivity contribution in [3.8, 4) is 11.7 Å². The zero-order valence-corrected chi connectivity index (χ0v) is 10.6. The van der Waals surface area contributed by atoms with Gasteiger partial charge in [0.25, 0.3) is 5.89 Å². The van der Waals surface area contributed by atoms with Crippen LogP contribution in [0.25, 0.3) is 11.7 Å². The number of furan rings is 1. The maximum atomic E-state index is 10.7. The van der Waals surface area contributed by atoms with E-state index < -0.39 is 5.97 Å². The van der Waals surface area contributed by atoms with Crippen molar-refractivity contribution in [1.29, 1.82) is 0 Å². The summed E-state index contributed by atoms with van der Waals surface area (Å²) in [5.41, 5.74) is 0. The Balaban J connectivity index is 2.03. The zero-order chi connectivity index (χ0) is 13.7. The topological polar surface area (TPSA) is 92.6 Å². The Morgan fingerprint density at radius 3 is 2.95 bits per heavy atom. The molecule has 0 amide bonds. The lowest BCUT2D eigenvalue weighted by atomic mass is 10.4. The summed E-state index contributed by atoms with van der Waals surface area (Å²) >= 11 is 0. The Bertz CT molecular complexity index is 521. The van der Waals surface area contributed by atoms with Crippen molar-refractivity contribution in [3.63, 3.8) is 0 Å². The predicted octanol–water partition coefficient (Wildman–Crippen LogP) is 1.63. The summed E-state index contributed by atoms with van der Waals surface area (Å²) in [4.78, 5) is 12.5. The first-order chi connectivity index (χ1) is 9.19. The molecule has 0 saturated heterocycles. The molecule has 19 heavy (non-hydrogen) atoms. The van der Waals surface area contributed by atoms with Gasteiger partial charge in [-0.25, -0.2) is 0 Å². The van der Waals surface area contributed by atoms with Gasteiger partial charge in [0.15, 0.2) is 5.76 Å². The highest BCUT2D eigenvalue weighted by atomic mass is 16.4. The number of carboxylic acids is 1. The molecule has 0 bridgehead atoms. The highest BCUT2D eigenvalue weighted by Gasteiger charge is 2.15. The van der Waals surface area contributed by atoms with Gasteiger partial charge in [0, 0.05) is 0 Å². The molecule has 0 aromatic carbocycles. The van der Waals surface area contributed by atoms with E-state index in [2.05, 4.69) is 10.2 Å². The molecule has 7 nitrogen and oxygen atoms in total. The molecule has 0 unspecified atom stereocenters. The number of aliphatic carboxylic acids is 1. The fraction of sp³-hybridized carbons (Fsp3) is 0.417. The van der Waals surface area contributed by atoms with Gasteiger partial charge in [0.2, 0.25) is 5.89 Å². The largest absolute Gasteiger partial charge is 0.480 e. The molecule has 0 aliphatic rings. The average Bonchev–Trinajstić information content (AvgIpc) is 2.97. The molecule has 0 saturated carbocycles. The van der Waals surface area contributed by atoms with Gasteiger partial charge in [-0.3, -0.25) is 9.69 Å². The summed E-state index contributed by atoms with van der Waals surface area (Å²) in [5, 5.41) is 16.6. The molecule has 0 fully saturated rings. The number of hydrogen-bond donors (Lipinski definition) is 1. The van der Waals surface area contributed by atoms with E-state index in [1.54, 1.807) is 17.0 Å². The van der Waals surface area contributed by atoms with Crippen LogP contribution < -0.4 is 0 Å². The van der Waals surface area contributed by atoms with Crippen LogP contribution in [0.1, 0.15) is 19.2 Å². The second kappa shape index (κ2) is 6.14. The lowest BCUT2D eigenvalue weighted by Gasteiger charge is -2.16. The second-order valence-electron chi connectivity index (χ2n) is 4.08. The van der Waals surface area contributed by atoms with Crippen LogP contribution in [0.3, 0.4) is 0 Å². The minimum absolute atomic E-state index is 0.0493. The molecule has 102 valence electrons. The third-order valence-electron chi connectivity index (χ3n) is 2.46. The minimum atomic E-state index is -0.876. The van der Waals surface area contributed by atoms with E-state index in [1.165, 1.54) is 6.26 Å². The summed E-state index contributed by atoms with van der Waals surface area (Å²) in [6.45, 7) is 2.90. The van der Waals surface area contributed by atoms with Crippen LogP contribution >= 0.6 is 0 Å². The number of rotatable bonds is 7. The molecule has 0 aliphatic carbocycles. The van der Waals surface area contributed by atoms with E-state index in [0.717, 1.165) is 6.42 Å². The molecule has 0 atom stereocenters. The van der Waals surface area contributed by atoms with Gasteiger partial charge in [-0.05, 0) is 25.1 Å². The summed E-state index contributed by atoms with van der Waals surface area (Å²) in [7, 11) is 0. The summed E-state index contributed by atoms with van der Waals surface area (Å²) in [6, 6.07) is 3.45. The van der Waals surface area contributed by atoms with Gasteiger partial charge < -0.3 is 13.9 Å². The SMILES string of the molecule is CCCN(CC(=O)O)Cc1nnc(-c2ccco2)o1. The number of carbonyl (C=O) groups is 1. The van der Waals surface area contributed by atoms with E-state index in [4.69, 9.17) is 13.9 Å².